The molecule has 0 saturated carbocycles. The minimum absolute atomic E-state index is 0.0869. The minimum Gasteiger partial charge on any atom is -0.458 e. The van der Waals surface area contributed by atoms with Crippen LogP contribution in [0.4, 0.5) is 0 Å². The Bertz CT molecular complexity index is 1750. The largest absolute Gasteiger partial charge is 0.458 e. The molecule has 0 N–H and O–H groups in total. The van der Waals surface area contributed by atoms with E-state index in [4.69, 9.17) is 18.9 Å². The number of hydrogen-bond donors (Lipinski definition) is 0. The third-order valence-electron chi connectivity index (χ3n) is 5.90. The van der Waals surface area contributed by atoms with Gasteiger partial charge in [0, 0.05) is 26.6 Å². The van der Waals surface area contributed by atoms with Crippen molar-refractivity contribution in [1.82, 2.24) is 0 Å². The summed E-state index contributed by atoms with van der Waals surface area (Å²) in [4.78, 5) is 62.3. The predicted octanol–water partition coefficient (Wildman–Crippen LogP) is 5.40. The second-order valence-corrected chi connectivity index (χ2v) is 10.4. The molecule has 42 heavy (non-hydrogen) atoms. The standard InChI is InChI=1S/C32H26O9S/c1-18(2)29(34)38-16-22(17-39-30(35)19(3)4)40-31(36)20-12-14-21(15-13-20)32(37)41-25-10-7-9-24-27(33)23-8-5-6-11-26(23)42-28(24)25/h5-15,22H,1,3,16-17H2,2,4H3. The molecule has 0 aliphatic heterocycles. The number of esters is 4. The third-order valence-corrected chi connectivity index (χ3v) is 7.10. The molecular formula is C32H26O9S. The van der Waals surface area contributed by atoms with E-state index in [9.17, 15) is 24.0 Å². The van der Waals surface area contributed by atoms with Crippen LogP contribution in [0.5, 0.6) is 5.75 Å². The first-order chi connectivity index (χ1) is 20.0. The van der Waals surface area contributed by atoms with Gasteiger partial charge in [-0.15, -0.1) is 11.3 Å². The molecule has 0 radical (unpaired) electrons. The van der Waals surface area contributed by atoms with Crippen molar-refractivity contribution >= 4 is 55.4 Å². The average molecular weight is 587 g/mol. The van der Waals surface area contributed by atoms with Crippen molar-refractivity contribution in [2.75, 3.05) is 13.2 Å². The highest BCUT2D eigenvalue weighted by Gasteiger charge is 2.22. The van der Waals surface area contributed by atoms with Crippen LogP contribution in [0.2, 0.25) is 0 Å². The Morgan fingerprint density at radius 1 is 0.738 bits per heavy atom. The second kappa shape index (κ2) is 13.0. The molecule has 0 atom stereocenters. The van der Waals surface area contributed by atoms with Crippen LogP contribution in [0.1, 0.15) is 34.6 Å². The number of hydrogen-bond acceptors (Lipinski definition) is 10. The lowest BCUT2D eigenvalue weighted by atomic mass is 10.1. The molecule has 214 valence electrons. The van der Waals surface area contributed by atoms with Gasteiger partial charge in [0.15, 0.2) is 11.5 Å². The molecule has 0 unspecified atom stereocenters. The zero-order chi connectivity index (χ0) is 30.4. The van der Waals surface area contributed by atoms with Gasteiger partial charge in [0.05, 0.1) is 15.8 Å². The fraction of sp³-hybridized carbons (Fsp3) is 0.156. The van der Waals surface area contributed by atoms with Gasteiger partial charge in [-0.1, -0.05) is 31.4 Å². The van der Waals surface area contributed by atoms with Crippen LogP contribution in [0.3, 0.4) is 0 Å². The van der Waals surface area contributed by atoms with Gasteiger partial charge in [-0.25, -0.2) is 19.2 Å². The number of carbonyl (C=O) groups is 4. The highest BCUT2D eigenvalue weighted by Crippen LogP contribution is 2.32. The van der Waals surface area contributed by atoms with Crippen LogP contribution in [0.25, 0.3) is 20.2 Å². The van der Waals surface area contributed by atoms with Crippen molar-refractivity contribution in [3.8, 4) is 5.75 Å². The normalized spacial score (nSPS) is 10.7. The highest BCUT2D eigenvalue weighted by molar-refractivity contribution is 7.24. The Morgan fingerprint density at radius 2 is 1.29 bits per heavy atom. The summed E-state index contributed by atoms with van der Waals surface area (Å²) in [5, 5.41) is 1.03. The first-order valence-corrected chi connectivity index (χ1v) is 13.5. The van der Waals surface area contributed by atoms with Gasteiger partial charge >= 0.3 is 23.9 Å². The third kappa shape index (κ3) is 6.97. The van der Waals surface area contributed by atoms with Crippen LogP contribution in [0.15, 0.2) is 95.8 Å². The maximum Gasteiger partial charge on any atom is 0.343 e. The summed E-state index contributed by atoms with van der Waals surface area (Å²) >= 11 is 1.34. The summed E-state index contributed by atoms with van der Waals surface area (Å²) in [5.74, 6) is -2.64. The number of ether oxygens (including phenoxy) is 4. The van der Waals surface area contributed by atoms with Gasteiger partial charge in [0.25, 0.3) is 0 Å². The molecule has 10 heteroatoms. The van der Waals surface area contributed by atoms with E-state index in [1.165, 1.54) is 49.4 Å². The Labute approximate surface area is 244 Å². The molecule has 0 aliphatic carbocycles. The molecule has 1 aromatic heterocycles. The molecule has 0 fully saturated rings. The lowest BCUT2D eigenvalue weighted by molar-refractivity contribution is -0.148. The van der Waals surface area contributed by atoms with E-state index in [2.05, 4.69) is 13.2 Å². The van der Waals surface area contributed by atoms with Crippen molar-refractivity contribution in [2.45, 2.75) is 20.0 Å². The van der Waals surface area contributed by atoms with E-state index < -0.39 is 30.0 Å². The molecule has 0 aliphatic rings. The molecule has 0 bridgehead atoms. The Hall–Kier alpha value is -5.09. The van der Waals surface area contributed by atoms with Crippen molar-refractivity contribution in [1.29, 1.82) is 0 Å². The molecule has 3 aromatic carbocycles. The van der Waals surface area contributed by atoms with E-state index in [0.717, 1.165) is 4.70 Å². The quantitative estimate of drug-likeness (QED) is 0.0790. The van der Waals surface area contributed by atoms with Gasteiger partial charge < -0.3 is 18.9 Å². The highest BCUT2D eigenvalue weighted by atomic mass is 32.1. The van der Waals surface area contributed by atoms with Crippen molar-refractivity contribution in [3.63, 3.8) is 0 Å². The second-order valence-electron chi connectivity index (χ2n) is 9.31. The van der Waals surface area contributed by atoms with Gasteiger partial charge in [-0.05, 0) is 62.4 Å². The monoisotopic (exact) mass is 586 g/mol. The molecule has 0 spiro atoms. The lowest BCUT2D eigenvalue weighted by Gasteiger charge is -2.18. The molecule has 4 rings (SSSR count). The maximum atomic E-state index is 13.0. The fourth-order valence-corrected chi connectivity index (χ4v) is 4.82. The summed E-state index contributed by atoms with van der Waals surface area (Å²) in [6.45, 7) is 9.14. The maximum absolute atomic E-state index is 13.0. The Kier molecular flexibility index (Phi) is 9.28. The molecule has 4 aromatic rings. The summed E-state index contributed by atoms with van der Waals surface area (Å²) < 4.78 is 22.4. The lowest BCUT2D eigenvalue weighted by Crippen LogP contribution is -2.31. The predicted molar refractivity (Wildman–Crippen MR) is 158 cm³/mol. The van der Waals surface area contributed by atoms with Gasteiger partial charge in [-0.2, -0.15) is 0 Å². The van der Waals surface area contributed by atoms with Crippen molar-refractivity contribution in [2.24, 2.45) is 0 Å². The number of carbonyl (C=O) groups excluding carboxylic acids is 4. The first-order valence-electron chi connectivity index (χ1n) is 12.7. The van der Waals surface area contributed by atoms with E-state index in [-0.39, 0.29) is 46.7 Å². The van der Waals surface area contributed by atoms with E-state index in [1.54, 1.807) is 30.3 Å². The molecule has 9 nitrogen and oxygen atoms in total. The van der Waals surface area contributed by atoms with Gasteiger partial charge in [0.2, 0.25) is 0 Å². The first kappa shape index (κ1) is 29.9. The van der Waals surface area contributed by atoms with Crippen LogP contribution in [-0.4, -0.2) is 43.2 Å². The van der Waals surface area contributed by atoms with Gasteiger partial charge in [-0.3, -0.25) is 4.79 Å². The van der Waals surface area contributed by atoms with Crippen molar-refractivity contribution < 1.29 is 38.1 Å². The summed E-state index contributed by atoms with van der Waals surface area (Å²) in [6.07, 6.45) is -1.11. The van der Waals surface area contributed by atoms with Gasteiger partial charge in [0.1, 0.15) is 19.0 Å². The Morgan fingerprint density at radius 3 is 1.88 bits per heavy atom. The van der Waals surface area contributed by atoms with E-state index in [0.29, 0.717) is 15.5 Å². The van der Waals surface area contributed by atoms with E-state index >= 15 is 0 Å². The molecule has 1 heterocycles. The number of benzene rings is 3. The average Bonchev–Trinajstić information content (AvgIpc) is 2.98. The van der Waals surface area contributed by atoms with E-state index in [1.807, 2.05) is 12.1 Å². The van der Waals surface area contributed by atoms with Crippen LogP contribution < -0.4 is 10.2 Å². The topological polar surface area (TPSA) is 122 Å². The summed E-state index contributed by atoms with van der Waals surface area (Å²) in [6, 6.07) is 17.7. The SMILES string of the molecule is C=C(C)C(=O)OCC(COC(=O)C(=C)C)OC(=O)c1ccc(C(=O)Oc2cccc3c(=O)c4ccccc4sc23)cc1. The number of rotatable bonds is 10. The van der Waals surface area contributed by atoms with Crippen LogP contribution in [0, 0.1) is 0 Å². The Balaban J connectivity index is 1.47. The fourth-order valence-electron chi connectivity index (χ4n) is 3.70. The minimum atomic E-state index is -1.11. The number of fused-ring (bicyclic) bond motifs is 2. The summed E-state index contributed by atoms with van der Waals surface area (Å²) in [5.41, 5.74) is 0.380. The molecule has 0 saturated heterocycles. The summed E-state index contributed by atoms with van der Waals surface area (Å²) in [7, 11) is 0. The van der Waals surface area contributed by atoms with Crippen LogP contribution in [-0.2, 0) is 23.8 Å². The zero-order valence-electron chi connectivity index (χ0n) is 22.8. The molecule has 0 amide bonds. The van der Waals surface area contributed by atoms with Crippen LogP contribution >= 0.6 is 11.3 Å². The molecular weight excluding hydrogens is 560 g/mol. The zero-order valence-corrected chi connectivity index (χ0v) is 23.7. The van der Waals surface area contributed by atoms with Crippen molar-refractivity contribution in [3.05, 3.63) is 112 Å². The smallest absolute Gasteiger partial charge is 0.343 e.